The zero-order valence-electron chi connectivity index (χ0n) is 9.66. The summed E-state index contributed by atoms with van der Waals surface area (Å²) in [5.74, 6) is -0.711. The van der Waals surface area contributed by atoms with Crippen molar-refractivity contribution in [2.24, 2.45) is 5.11 Å². The molecule has 1 aliphatic rings. The largest absolute Gasteiger partial charge is 0.456 e. The number of hydrogen-bond donors (Lipinski definition) is 1. The number of nitrogens with one attached hydrogen (secondary N) is 1. The quantitative estimate of drug-likeness (QED) is 0.261. The van der Waals surface area contributed by atoms with Gasteiger partial charge in [0.2, 0.25) is 5.91 Å². The Morgan fingerprint density at radius 3 is 2.76 bits per heavy atom. The van der Waals surface area contributed by atoms with Crippen LogP contribution in [0.3, 0.4) is 0 Å². The minimum absolute atomic E-state index is 0.263. The van der Waals surface area contributed by atoms with Crippen LogP contribution in [0.4, 0.5) is 0 Å². The fourth-order valence-electron chi connectivity index (χ4n) is 1.74. The summed E-state index contributed by atoms with van der Waals surface area (Å²) in [5, 5.41) is 6.24. The molecule has 0 heterocycles. The van der Waals surface area contributed by atoms with E-state index in [4.69, 9.17) is 10.3 Å². The lowest BCUT2D eigenvalue weighted by Crippen LogP contribution is -2.51. The van der Waals surface area contributed by atoms with E-state index in [0.29, 0.717) is 6.42 Å². The summed E-state index contributed by atoms with van der Waals surface area (Å²) in [6.07, 6.45) is 3.37. The number of rotatable bonds is 3. The Bertz CT molecular complexity index is 387. The van der Waals surface area contributed by atoms with Gasteiger partial charge in [-0.05, 0) is 18.0 Å². The molecule has 0 fully saturated rings. The summed E-state index contributed by atoms with van der Waals surface area (Å²) in [7, 11) is 0. The molecule has 7 heteroatoms. The van der Waals surface area contributed by atoms with Crippen molar-refractivity contribution in [3.8, 4) is 0 Å². The molecule has 1 N–H and O–H groups in total. The highest BCUT2D eigenvalue weighted by molar-refractivity contribution is 5.73. The monoisotopic (exact) mass is 238 g/mol. The average Bonchev–Trinajstić information content (AvgIpc) is 2.21. The Morgan fingerprint density at radius 1 is 1.53 bits per heavy atom. The fraction of sp³-hybridized carbons (Fsp3) is 0.600. The van der Waals surface area contributed by atoms with E-state index in [2.05, 4.69) is 15.3 Å². The topological polar surface area (TPSA) is 104 Å². The lowest BCUT2D eigenvalue weighted by atomic mass is 9.94. The molecule has 0 aromatic rings. The molecule has 3 atom stereocenters. The molecule has 0 unspecified atom stereocenters. The molecular formula is C10H14N4O3. The first-order chi connectivity index (χ1) is 8.04. The maximum atomic E-state index is 11.1. The molecule has 0 aromatic carbocycles. The second kappa shape index (κ2) is 5.91. The van der Waals surface area contributed by atoms with Crippen molar-refractivity contribution in [3.63, 3.8) is 0 Å². The average molecular weight is 238 g/mol. The standard InChI is InChI=1S/C10H14N4O3/c1-6(15)12-10-8(13-14-11)4-3-5-9(10)17-7(2)16/h3,5,8-10H,4H2,1-2H3,(H,12,15)/t8-,9+,10+/m0/s1. The van der Waals surface area contributed by atoms with Gasteiger partial charge in [-0.15, -0.1) is 0 Å². The predicted molar refractivity (Wildman–Crippen MR) is 59.8 cm³/mol. The van der Waals surface area contributed by atoms with Crippen molar-refractivity contribution in [1.82, 2.24) is 5.32 Å². The first kappa shape index (κ1) is 13.1. The number of azide groups is 1. The van der Waals surface area contributed by atoms with Crippen LogP contribution in [0.15, 0.2) is 17.3 Å². The molecule has 0 spiro atoms. The fourth-order valence-corrected chi connectivity index (χ4v) is 1.74. The number of carbonyl (C=O) groups is 2. The van der Waals surface area contributed by atoms with Gasteiger partial charge < -0.3 is 10.1 Å². The number of nitrogens with zero attached hydrogens (tertiary/aromatic N) is 3. The van der Waals surface area contributed by atoms with Crippen molar-refractivity contribution < 1.29 is 14.3 Å². The molecule has 1 amide bonds. The van der Waals surface area contributed by atoms with Crippen LogP contribution in [-0.4, -0.2) is 30.1 Å². The van der Waals surface area contributed by atoms with Crippen LogP contribution >= 0.6 is 0 Å². The third-order valence-corrected chi connectivity index (χ3v) is 2.34. The zero-order chi connectivity index (χ0) is 12.8. The Morgan fingerprint density at radius 2 is 2.24 bits per heavy atom. The van der Waals surface area contributed by atoms with Gasteiger partial charge in [-0.25, -0.2) is 0 Å². The minimum atomic E-state index is -0.597. The third kappa shape index (κ3) is 3.81. The maximum absolute atomic E-state index is 11.1. The van der Waals surface area contributed by atoms with Gasteiger partial charge in [-0.2, -0.15) is 0 Å². The second-order valence-electron chi connectivity index (χ2n) is 3.74. The van der Waals surface area contributed by atoms with E-state index in [-0.39, 0.29) is 5.91 Å². The molecule has 0 bridgehead atoms. The van der Waals surface area contributed by atoms with Gasteiger partial charge in [0.1, 0.15) is 6.10 Å². The van der Waals surface area contributed by atoms with Crippen molar-refractivity contribution in [3.05, 3.63) is 22.6 Å². The molecule has 0 saturated heterocycles. The number of esters is 1. The molecular weight excluding hydrogens is 224 g/mol. The van der Waals surface area contributed by atoms with Crippen molar-refractivity contribution in [2.75, 3.05) is 0 Å². The van der Waals surface area contributed by atoms with Crippen LogP contribution in [0, 0.1) is 0 Å². The lowest BCUT2D eigenvalue weighted by Gasteiger charge is -2.32. The van der Waals surface area contributed by atoms with Gasteiger partial charge in [0.15, 0.2) is 0 Å². The Balaban J connectivity index is 2.88. The molecule has 17 heavy (non-hydrogen) atoms. The molecule has 92 valence electrons. The van der Waals surface area contributed by atoms with Gasteiger partial charge in [0.25, 0.3) is 0 Å². The van der Waals surface area contributed by atoms with E-state index in [1.165, 1.54) is 13.8 Å². The highest BCUT2D eigenvalue weighted by atomic mass is 16.5. The zero-order valence-corrected chi connectivity index (χ0v) is 9.66. The summed E-state index contributed by atoms with van der Waals surface area (Å²) in [5.41, 5.74) is 8.45. The summed E-state index contributed by atoms with van der Waals surface area (Å²) in [6, 6.07) is -0.962. The Hall–Kier alpha value is -2.01. The van der Waals surface area contributed by atoms with E-state index in [1.54, 1.807) is 12.2 Å². The van der Waals surface area contributed by atoms with Crippen LogP contribution in [0.2, 0.25) is 0 Å². The molecule has 0 saturated carbocycles. The van der Waals surface area contributed by atoms with E-state index in [9.17, 15) is 9.59 Å². The number of ether oxygens (including phenoxy) is 1. The van der Waals surface area contributed by atoms with Gasteiger partial charge in [-0.1, -0.05) is 11.2 Å². The molecule has 1 aliphatic carbocycles. The Kier molecular flexibility index (Phi) is 4.54. The van der Waals surface area contributed by atoms with E-state index >= 15 is 0 Å². The minimum Gasteiger partial charge on any atom is -0.456 e. The van der Waals surface area contributed by atoms with Crippen LogP contribution < -0.4 is 5.32 Å². The third-order valence-electron chi connectivity index (χ3n) is 2.34. The summed E-state index contributed by atoms with van der Waals surface area (Å²) in [6.45, 7) is 2.64. The van der Waals surface area contributed by atoms with Crippen LogP contribution in [-0.2, 0) is 14.3 Å². The van der Waals surface area contributed by atoms with E-state index < -0.39 is 24.2 Å². The van der Waals surface area contributed by atoms with Gasteiger partial charge in [0.05, 0.1) is 12.1 Å². The predicted octanol–water partition coefficient (Wildman–Crippen LogP) is 1.06. The van der Waals surface area contributed by atoms with Gasteiger partial charge in [-0.3, -0.25) is 9.59 Å². The first-order valence-electron chi connectivity index (χ1n) is 5.19. The number of hydrogen-bond acceptors (Lipinski definition) is 4. The van der Waals surface area contributed by atoms with Crippen LogP contribution in [0.25, 0.3) is 10.4 Å². The lowest BCUT2D eigenvalue weighted by molar-refractivity contribution is -0.146. The van der Waals surface area contributed by atoms with Crippen molar-refractivity contribution >= 4 is 11.9 Å². The SMILES string of the molecule is CC(=O)N[C@@H]1[C@@H](N=[N+]=[N-])CC=C[C@H]1OC(C)=O. The van der Waals surface area contributed by atoms with Crippen molar-refractivity contribution in [1.29, 1.82) is 0 Å². The molecule has 0 aliphatic heterocycles. The highest BCUT2D eigenvalue weighted by Crippen LogP contribution is 2.19. The van der Waals surface area contributed by atoms with Crippen LogP contribution in [0.1, 0.15) is 20.3 Å². The number of carbonyl (C=O) groups excluding carboxylic acids is 2. The van der Waals surface area contributed by atoms with Gasteiger partial charge in [0, 0.05) is 18.8 Å². The van der Waals surface area contributed by atoms with Crippen LogP contribution in [0.5, 0.6) is 0 Å². The van der Waals surface area contributed by atoms with Crippen molar-refractivity contribution in [2.45, 2.75) is 38.5 Å². The Labute approximate surface area is 98.4 Å². The summed E-state index contributed by atoms with van der Waals surface area (Å²) >= 11 is 0. The summed E-state index contributed by atoms with van der Waals surface area (Å²) < 4.78 is 5.06. The van der Waals surface area contributed by atoms with E-state index in [1.807, 2.05) is 0 Å². The normalized spacial score (nSPS) is 26.8. The first-order valence-corrected chi connectivity index (χ1v) is 5.19. The smallest absolute Gasteiger partial charge is 0.303 e. The number of amides is 1. The summed E-state index contributed by atoms with van der Waals surface area (Å²) in [4.78, 5) is 24.7. The maximum Gasteiger partial charge on any atom is 0.303 e. The highest BCUT2D eigenvalue weighted by Gasteiger charge is 2.32. The second-order valence-corrected chi connectivity index (χ2v) is 3.74. The molecule has 0 radical (unpaired) electrons. The molecule has 7 nitrogen and oxygen atoms in total. The van der Waals surface area contributed by atoms with E-state index in [0.717, 1.165) is 0 Å². The molecule has 0 aromatic heterocycles. The molecule has 1 rings (SSSR count). The van der Waals surface area contributed by atoms with Gasteiger partial charge >= 0.3 is 5.97 Å².